The van der Waals surface area contributed by atoms with Crippen molar-refractivity contribution in [1.29, 1.82) is 0 Å². The van der Waals surface area contributed by atoms with Gasteiger partial charge in [0, 0.05) is 16.0 Å². The minimum Gasteiger partial charge on any atom is -0.508 e. The number of hydrogen-bond acceptors (Lipinski definition) is 4. The molecular formula is C16H14O3S. The van der Waals surface area contributed by atoms with Crippen LogP contribution in [-0.4, -0.2) is 20.2 Å². The first kappa shape index (κ1) is 14.1. The van der Waals surface area contributed by atoms with Crippen LogP contribution in [-0.2, 0) is 0 Å². The number of aromatic hydroxyl groups is 3. The molecule has 0 aromatic heterocycles. The highest BCUT2D eigenvalue weighted by atomic mass is 32.1. The van der Waals surface area contributed by atoms with Gasteiger partial charge in [0.1, 0.15) is 5.75 Å². The minimum atomic E-state index is -0.324. The molecule has 0 bridgehead atoms. The average molecular weight is 286 g/mol. The molecule has 4 heteroatoms. The standard InChI is InChI=1S/C16H14O3S/c1-10-13(17)9-12(16(19)15(10)18)7-8-14(20)11-5-3-2-4-6-11/h2-9,17-19H,1H3. The lowest BCUT2D eigenvalue weighted by Crippen LogP contribution is -1.91. The second-order valence-electron chi connectivity index (χ2n) is 4.37. The van der Waals surface area contributed by atoms with Crippen LogP contribution in [0.2, 0.25) is 0 Å². The molecule has 0 aliphatic rings. The SMILES string of the molecule is Cc1c(O)cc(C=CC(=S)c2ccccc2)c(O)c1O. The lowest BCUT2D eigenvalue weighted by Gasteiger charge is -2.07. The molecule has 2 aromatic carbocycles. The van der Waals surface area contributed by atoms with E-state index in [0.29, 0.717) is 10.4 Å². The lowest BCUT2D eigenvalue weighted by molar-refractivity contribution is 0.391. The number of thiocarbonyl (C=S) groups is 1. The molecule has 102 valence electrons. The van der Waals surface area contributed by atoms with Crippen LogP contribution in [0.4, 0.5) is 0 Å². The summed E-state index contributed by atoms with van der Waals surface area (Å²) in [5.41, 5.74) is 1.44. The van der Waals surface area contributed by atoms with Gasteiger partial charge in [0.25, 0.3) is 0 Å². The zero-order chi connectivity index (χ0) is 14.7. The van der Waals surface area contributed by atoms with Crippen LogP contribution in [0.25, 0.3) is 6.08 Å². The van der Waals surface area contributed by atoms with Crippen molar-refractivity contribution in [3.8, 4) is 17.2 Å². The predicted molar refractivity (Wildman–Crippen MR) is 83.3 cm³/mol. The number of phenols is 3. The predicted octanol–water partition coefficient (Wildman–Crippen LogP) is 3.54. The van der Waals surface area contributed by atoms with Crippen LogP contribution in [0.5, 0.6) is 17.2 Å². The minimum absolute atomic E-state index is 0.0782. The molecule has 3 N–H and O–H groups in total. The van der Waals surface area contributed by atoms with E-state index in [1.54, 1.807) is 12.2 Å². The number of hydrogen-bond donors (Lipinski definition) is 3. The highest BCUT2D eigenvalue weighted by molar-refractivity contribution is 7.81. The van der Waals surface area contributed by atoms with E-state index in [1.807, 2.05) is 30.3 Å². The Morgan fingerprint density at radius 3 is 2.35 bits per heavy atom. The van der Waals surface area contributed by atoms with Crippen molar-refractivity contribution >= 4 is 23.2 Å². The van der Waals surface area contributed by atoms with Crippen molar-refractivity contribution in [2.45, 2.75) is 6.92 Å². The summed E-state index contributed by atoms with van der Waals surface area (Å²) in [5, 5.41) is 29.2. The van der Waals surface area contributed by atoms with Gasteiger partial charge in [0.15, 0.2) is 11.5 Å². The van der Waals surface area contributed by atoms with E-state index in [4.69, 9.17) is 12.2 Å². The van der Waals surface area contributed by atoms with Gasteiger partial charge < -0.3 is 15.3 Å². The van der Waals surface area contributed by atoms with Crippen LogP contribution in [0.1, 0.15) is 16.7 Å². The first-order valence-electron chi connectivity index (χ1n) is 6.02. The fourth-order valence-electron chi connectivity index (χ4n) is 1.75. The zero-order valence-corrected chi connectivity index (χ0v) is 11.7. The zero-order valence-electron chi connectivity index (χ0n) is 10.9. The lowest BCUT2D eigenvalue weighted by atomic mass is 10.1. The van der Waals surface area contributed by atoms with E-state index in [9.17, 15) is 15.3 Å². The van der Waals surface area contributed by atoms with Crippen LogP contribution >= 0.6 is 12.2 Å². The average Bonchev–Trinajstić information content (AvgIpc) is 2.48. The highest BCUT2D eigenvalue weighted by Gasteiger charge is 2.11. The Morgan fingerprint density at radius 2 is 1.70 bits per heavy atom. The number of rotatable bonds is 3. The summed E-state index contributed by atoms with van der Waals surface area (Å²) in [6.07, 6.45) is 3.21. The molecule has 0 saturated heterocycles. The maximum atomic E-state index is 9.83. The van der Waals surface area contributed by atoms with E-state index in [1.165, 1.54) is 13.0 Å². The van der Waals surface area contributed by atoms with Gasteiger partial charge in [-0.1, -0.05) is 42.5 Å². The van der Waals surface area contributed by atoms with Crippen LogP contribution in [0, 0.1) is 6.92 Å². The van der Waals surface area contributed by atoms with Crippen LogP contribution in [0.15, 0.2) is 42.5 Å². The summed E-state index contributed by atoms with van der Waals surface area (Å²) < 4.78 is 0. The van der Waals surface area contributed by atoms with E-state index >= 15 is 0 Å². The Kier molecular flexibility index (Phi) is 4.05. The molecule has 2 aromatic rings. The molecule has 0 spiro atoms. The van der Waals surface area contributed by atoms with Crippen molar-refractivity contribution in [2.75, 3.05) is 0 Å². The Bertz CT molecular complexity index is 676. The fourth-order valence-corrected chi connectivity index (χ4v) is 1.95. The Labute approximate surface area is 122 Å². The molecule has 20 heavy (non-hydrogen) atoms. The Morgan fingerprint density at radius 1 is 1.05 bits per heavy atom. The van der Waals surface area contributed by atoms with E-state index in [2.05, 4.69) is 0 Å². The normalized spacial score (nSPS) is 10.8. The second-order valence-corrected chi connectivity index (χ2v) is 4.81. The van der Waals surface area contributed by atoms with Crippen molar-refractivity contribution in [1.82, 2.24) is 0 Å². The third-order valence-corrected chi connectivity index (χ3v) is 3.37. The fraction of sp³-hybridized carbons (Fsp3) is 0.0625. The molecule has 0 unspecified atom stereocenters. The molecule has 0 amide bonds. The molecule has 0 aliphatic heterocycles. The molecule has 0 aliphatic carbocycles. The molecule has 0 atom stereocenters. The summed E-state index contributed by atoms with van der Waals surface area (Å²) in [5.74, 6) is -0.673. The molecule has 0 saturated carbocycles. The van der Waals surface area contributed by atoms with Gasteiger partial charge in [0.2, 0.25) is 0 Å². The van der Waals surface area contributed by atoms with Crippen molar-refractivity contribution in [3.05, 3.63) is 59.2 Å². The van der Waals surface area contributed by atoms with Gasteiger partial charge in [-0.3, -0.25) is 0 Å². The number of benzene rings is 2. The Balaban J connectivity index is 2.31. The molecular weight excluding hydrogens is 272 g/mol. The summed E-state index contributed by atoms with van der Waals surface area (Å²) in [7, 11) is 0. The first-order valence-corrected chi connectivity index (χ1v) is 6.43. The summed E-state index contributed by atoms with van der Waals surface area (Å²) >= 11 is 5.26. The number of allylic oxidation sites excluding steroid dienone is 1. The van der Waals surface area contributed by atoms with Crippen molar-refractivity contribution < 1.29 is 15.3 Å². The molecule has 0 heterocycles. The van der Waals surface area contributed by atoms with Gasteiger partial charge in [0.05, 0.1) is 0 Å². The van der Waals surface area contributed by atoms with Gasteiger partial charge >= 0.3 is 0 Å². The van der Waals surface area contributed by atoms with Gasteiger partial charge in [-0.2, -0.15) is 0 Å². The second kappa shape index (κ2) is 5.75. The van der Waals surface area contributed by atoms with E-state index in [0.717, 1.165) is 5.56 Å². The quantitative estimate of drug-likeness (QED) is 0.265. The molecule has 3 nitrogen and oxygen atoms in total. The summed E-state index contributed by atoms with van der Waals surface area (Å²) in [6.45, 7) is 1.52. The van der Waals surface area contributed by atoms with Gasteiger partial charge in [-0.25, -0.2) is 0 Å². The maximum Gasteiger partial charge on any atom is 0.165 e. The van der Waals surface area contributed by atoms with Crippen molar-refractivity contribution in [3.63, 3.8) is 0 Å². The maximum absolute atomic E-state index is 9.83. The smallest absolute Gasteiger partial charge is 0.165 e. The third kappa shape index (κ3) is 2.81. The highest BCUT2D eigenvalue weighted by Crippen LogP contribution is 2.38. The monoisotopic (exact) mass is 286 g/mol. The van der Waals surface area contributed by atoms with E-state index in [-0.39, 0.29) is 22.8 Å². The largest absolute Gasteiger partial charge is 0.508 e. The topological polar surface area (TPSA) is 60.7 Å². The van der Waals surface area contributed by atoms with E-state index < -0.39 is 0 Å². The van der Waals surface area contributed by atoms with Crippen LogP contribution in [0.3, 0.4) is 0 Å². The number of phenolic OH excluding ortho intramolecular Hbond substituents is 3. The van der Waals surface area contributed by atoms with Gasteiger partial charge in [-0.05, 0) is 30.7 Å². The van der Waals surface area contributed by atoms with Crippen LogP contribution < -0.4 is 0 Å². The van der Waals surface area contributed by atoms with Gasteiger partial charge in [-0.15, -0.1) is 0 Å². The first-order chi connectivity index (χ1) is 9.50. The molecule has 0 radical (unpaired) electrons. The summed E-state index contributed by atoms with van der Waals surface area (Å²) in [4.78, 5) is 0.601. The third-order valence-electron chi connectivity index (χ3n) is 3.00. The molecule has 2 rings (SSSR count). The Hall–Kier alpha value is -2.33. The summed E-state index contributed by atoms with van der Waals surface area (Å²) in [6, 6.07) is 10.8. The van der Waals surface area contributed by atoms with Crippen molar-refractivity contribution in [2.24, 2.45) is 0 Å². The molecule has 0 fully saturated rings.